The molecular formula is C13H9F5N2O2S. The van der Waals surface area contributed by atoms with Crippen LogP contribution in [0.15, 0.2) is 40.3 Å². The first-order chi connectivity index (χ1) is 10.8. The topological polar surface area (TPSA) is 55.0 Å². The first-order valence-electron chi connectivity index (χ1n) is 6.10. The fraction of sp³-hybridized carbons (Fsp3) is 0.231. The van der Waals surface area contributed by atoms with Crippen LogP contribution < -0.4 is 10.3 Å². The third-order valence-corrected chi connectivity index (χ3v) is 3.49. The van der Waals surface area contributed by atoms with E-state index < -0.39 is 24.0 Å². The van der Waals surface area contributed by atoms with Gasteiger partial charge in [0.1, 0.15) is 5.75 Å². The van der Waals surface area contributed by atoms with Crippen molar-refractivity contribution in [1.82, 2.24) is 9.97 Å². The lowest BCUT2D eigenvalue weighted by molar-refractivity contribution is -0.141. The molecule has 0 amide bonds. The van der Waals surface area contributed by atoms with Crippen molar-refractivity contribution in [3.63, 3.8) is 0 Å². The average Bonchev–Trinajstić information content (AvgIpc) is 2.44. The molecule has 0 saturated heterocycles. The molecule has 2 rings (SSSR count). The maximum atomic E-state index is 12.6. The Morgan fingerprint density at radius 1 is 1.26 bits per heavy atom. The molecule has 0 spiro atoms. The van der Waals surface area contributed by atoms with Gasteiger partial charge in [-0.15, -0.1) is 0 Å². The van der Waals surface area contributed by atoms with E-state index in [1.807, 2.05) is 0 Å². The van der Waals surface area contributed by atoms with E-state index in [0.29, 0.717) is 11.6 Å². The third-order valence-electron chi connectivity index (χ3n) is 2.56. The molecular weight excluding hydrogens is 343 g/mol. The molecule has 1 heterocycles. The lowest BCUT2D eigenvalue weighted by Gasteiger charge is -2.10. The summed E-state index contributed by atoms with van der Waals surface area (Å²) in [4.78, 5) is 16.7. The van der Waals surface area contributed by atoms with Gasteiger partial charge >= 0.3 is 12.8 Å². The molecule has 124 valence electrons. The number of hydrogen-bond donors (Lipinski definition) is 1. The Morgan fingerprint density at radius 3 is 2.61 bits per heavy atom. The Labute approximate surface area is 130 Å². The second-order valence-corrected chi connectivity index (χ2v) is 5.17. The maximum Gasteiger partial charge on any atom is 0.433 e. The Hall–Kier alpha value is -2.10. The van der Waals surface area contributed by atoms with Gasteiger partial charge in [-0.1, -0.05) is 30.0 Å². The molecule has 0 saturated carbocycles. The zero-order valence-electron chi connectivity index (χ0n) is 11.2. The molecule has 4 nitrogen and oxygen atoms in total. The fourth-order valence-electron chi connectivity index (χ4n) is 1.63. The number of alkyl halides is 5. The lowest BCUT2D eigenvalue weighted by Crippen LogP contribution is -2.16. The fourth-order valence-corrected chi connectivity index (χ4v) is 2.50. The Kier molecular flexibility index (Phi) is 5.24. The number of hydrogen-bond acceptors (Lipinski definition) is 4. The van der Waals surface area contributed by atoms with Crippen LogP contribution in [-0.4, -0.2) is 16.6 Å². The molecule has 0 aliphatic rings. The summed E-state index contributed by atoms with van der Waals surface area (Å²) in [6.07, 6.45) is -4.75. The molecule has 10 heteroatoms. The van der Waals surface area contributed by atoms with Crippen molar-refractivity contribution in [1.29, 1.82) is 0 Å². The van der Waals surface area contributed by atoms with Crippen LogP contribution in [0.5, 0.6) is 5.75 Å². The number of thioether (sulfide) groups is 1. The molecule has 2 aromatic rings. The average molecular weight is 352 g/mol. The minimum absolute atomic E-state index is 0.00680. The monoisotopic (exact) mass is 352 g/mol. The van der Waals surface area contributed by atoms with Gasteiger partial charge in [0, 0.05) is 17.4 Å². The van der Waals surface area contributed by atoms with Gasteiger partial charge in [0.25, 0.3) is 5.56 Å². The van der Waals surface area contributed by atoms with Crippen LogP contribution in [0.4, 0.5) is 22.0 Å². The summed E-state index contributed by atoms with van der Waals surface area (Å²) in [7, 11) is 0. The highest BCUT2D eigenvalue weighted by atomic mass is 32.2. The molecule has 1 N–H and O–H groups in total. The zero-order chi connectivity index (χ0) is 17.0. The number of rotatable bonds is 5. The van der Waals surface area contributed by atoms with Gasteiger partial charge < -0.3 is 9.72 Å². The first-order valence-corrected chi connectivity index (χ1v) is 7.08. The Balaban J connectivity index is 2.19. The molecule has 0 unspecified atom stereocenters. The third kappa shape index (κ3) is 4.95. The highest BCUT2D eigenvalue weighted by Gasteiger charge is 2.33. The minimum atomic E-state index is -4.75. The van der Waals surface area contributed by atoms with Crippen LogP contribution in [0.25, 0.3) is 0 Å². The van der Waals surface area contributed by atoms with Gasteiger partial charge in [-0.2, -0.15) is 22.0 Å². The van der Waals surface area contributed by atoms with Crippen molar-refractivity contribution in [2.45, 2.75) is 23.7 Å². The van der Waals surface area contributed by atoms with Crippen molar-refractivity contribution in [2.75, 3.05) is 0 Å². The molecule has 0 aliphatic heterocycles. The Bertz CT molecular complexity index is 733. The van der Waals surface area contributed by atoms with E-state index in [-0.39, 0.29) is 16.7 Å². The van der Waals surface area contributed by atoms with Crippen molar-refractivity contribution >= 4 is 11.8 Å². The van der Waals surface area contributed by atoms with Gasteiger partial charge in [0.15, 0.2) is 10.9 Å². The van der Waals surface area contributed by atoms with E-state index in [9.17, 15) is 26.7 Å². The van der Waals surface area contributed by atoms with E-state index in [2.05, 4.69) is 14.7 Å². The maximum absolute atomic E-state index is 12.6. The molecule has 1 aromatic carbocycles. The van der Waals surface area contributed by atoms with Gasteiger partial charge in [-0.25, -0.2) is 4.98 Å². The van der Waals surface area contributed by atoms with Crippen LogP contribution in [0.3, 0.4) is 0 Å². The van der Waals surface area contributed by atoms with E-state index in [4.69, 9.17) is 0 Å². The summed E-state index contributed by atoms with van der Waals surface area (Å²) in [5, 5.41) is -0.267. The summed E-state index contributed by atoms with van der Waals surface area (Å²) < 4.78 is 66.7. The van der Waals surface area contributed by atoms with E-state index in [0.717, 1.165) is 11.8 Å². The lowest BCUT2D eigenvalue weighted by atomic mass is 10.2. The van der Waals surface area contributed by atoms with Crippen molar-refractivity contribution in [2.24, 2.45) is 0 Å². The van der Waals surface area contributed by atoms with Crippen LogP contribution in [-0.2, 0) is 11.9 Å². The minimum Gasteiger partial charge on any atom is -0.435 e. The SMILES string of the molecule is O=c1cc(C(F)(F)F)nc(SCc2ccccc2OC(F)F)[nH]1. The summed E-state index contributed by atoms with van der Waals surface area (Å²) >= 11 is 0.768. The van der Waals surface area contributed by atoms with Crippen LogP contribution in [0.2, 0.25) is 0 Å². The number of halogens is 5. The normalized spacial score (nSPS) is 11.7. The van der Waals surface area contributed by atoms with Crippen LogP contribution in [0.1, 0.15) is 11.3 Å². The van der Waals surface area contributed by atoms with Gasteiger partial charge in [-0.3, -0.25) is 4.79 Å². The quantitative estimate of drug-likeness (QED) is 0.507. The van der Waals surface area contributed by atoms with Gasteiger partial charge in [0.05, 0.1) is 0 Å². The summed E-state index contributed by atoms with van der Waals surface area (Å²) in [6.45, 7) is -3.02. The van der Waals surface area contributed by atoms with Gasteiger partial charge in [-0.05, 0) is 6.07 Å². The highest BCUT2D eigenvalue weighted by molar-refractivity contribution is 7.98. The number of nitrogens with zero attached hydrogens (tertiary/aromatic N) is 1. The van der Waals surface area contributed by atoms with E-state index in [1.54, 1.807) is 6.07 Å². The first kappa shape index (κ1) is 17.3. The number of aromatic nitrogens is 2. The molecule has 1 aromatic heterocycles. The number of H-pyrrole nitrogens is 1. The van der Waals surface area contributed by atoms with Crippen LogP contribution >= 0.6 is 11.8 Å². The molecule has 0 atom stereocenters. The smallest absolute Gasteiger partial charge is 0.433 e. The number of para-hydroxylation sites is 1. The Morgan fingerprint density at radius 2 is 1.96 bits per heavy atom. The standard InChI is InChI=1S/C13H9F5N2O2S/c14-11(15)22-8-4-2-1-3-7(8)6-23-12-19-9(13(16,17)18)5-10(21)20-12/h1-5,11H,6H2,(H,19,20,21). The molecule has 0 radical (unpaired) electrons. The molecule has 0 aliphatic carbocycles. The summed E-state index contributed by atoms with van der Waals surface area (Å²) in [5.74, 6) is -0.100. The number of nitrogens with one attached hydrogen (secondary N) is 1. The highest BCUT2D eigenvalue weighted by Crippen LogP contribution is 2.30. The number of ether oxygens (including phenoxy) is 1. The van der Waals surface area contributed by atoms with Crippen molar-refractivity contribution in [3.8, 4) is 5.75 Å². The van der Waals surface area contributed by atoms with E-state index >= 15 is 0 Å². The largest absolute Gasteiger partial charge is 0.435 e. The van der Waals surface area contributed by atoms with Crippen LogP contribution in [0, 0.1) is 0 Å². The number of benzene rings is 1. The number of aromatic amines is 1. The van der Waals surface area contributed by atoms with Gasteiger partial charge in [0.2, 0.25) is 0 Å². The summed E-state index contributed by atoms with van der Waals surface area (Å²) in [5.41, 5.74) is -1.94. The summed E-state index contributed by atoms with van der Waals surface area (Å²) in [6, 6.07) is 6.19. The molecule has 0 bridgehead atoms. The second kappa shape index (κ2) is 6.99. The molecule has 23 heavy (non-hydrogen) atoms. The van der Waals surface area contributed by atoms with Crippen molar-refractivity contribution in [3.05, 3.63) is 51.9 Å². The van der Waals surface area contributed by atoms with Crippen molar-refractivity contribution < 1.29 is 26.7 Å². The zero-order valence-corrected chi connectivity index (χ0v) is 12.0. The second-order valence-electron chi connectivity index (χ2n) is 4.21. The molecule has 0 fully saturated rings. The predicted octanol–water partition coefficient (Wildman–Crippen LogP) is 3.68. The van der Waals surface area contributed by atoms with E-state index in [1.165, 1.54) is 18.2 Å². The predicted molar refractivity (Wildman–Crippen MR) is 72.5 cm³/mol.